The summed E-state index contributed by atoms with van der Waals surface area (Å²) in [6.45, 7) is 10.7. The maximum atomic E-state index is 12.8. The van der Waals surface area contributed by atoms with E-state index >= 15 is 0 Å². The first-order valence-electron chi connectivity index (χ1n) is 10.8. The van der Waals surface area contributed by atoms with Crippen molar-refractivity contribution in [2.75, 3.05) is 38.2 Å². The van der Waals surface area contributed by atoms with Crippen molar-refractivity contribution < 1.29 is 14.3 Å². The number of rotatable bonds is 4. The predicted molar refractivity (Wildman–Crippen MR) is 119 cm³/mol. The number of allylic oxidation sites excluding steroid dienone is 1. The first kappa shape index (κ1) is 21.4. The van der Waals surface area contributed by atoms with Gasteiger partial charge in [-0.15, -0.1) is 0 Å². The number of amides is 2. The Kier molecular flexibility index (Phi) is 5.51. The van der Waals surface area contributed by atoms with Gasteiger partial charge in [0.25, 0.3) is 5.91 Å². The van der Waals surface area contributed by atoms with Gasteiger partial charge in [0, 0.05) is 37.1 Å². The number of carbonyl (C=O) groups excluding carboxylic acids is 2. The summed E-state index contributed by atoms with van der Waals surface area (Å²) in [7, 11) is 1.83. The molecule has 1 aromatic heterocycles. The van der Waals surface area contributed by atoms with Crippen LogP contribution in [0.4, 0.5) is 5.82 Å². The number of ether oxygens (including phenoxy) is 1. The van der Waals surface area contributed by atoms with E-state index in [4.69, 9.17) is 4.74 Å². The minimum Gasteiger partial charge on any atom is -0.488 e. The van der Waals surface area contributed by atoms with Crippen LogP contribution in [0.25, 0.3) is 0 Å². The van der Waals surface area contributed by atoms with Crippen molar-refractivity contribution in [3.63, 3.8) is 0 Å². The second kappa shape index (κ2) is 8.00. The van der Waals surface area contributed by atoms with Gasteiger partial charge in [-0.1, -0.05) is 27.7 Å². The van der Waals surface area contributed by atoms with E-state index in [9.17, 15) is 9.59 Å². The first-order chi connectivity index (χ1) is 14.7. The summed E-state index contributed by atoms with van der Waals surface area (Å²) in [5.41, 5.74) is 1.66. The van der Waals surface area contributed by atoms with E-state index in [2.05, 4.69) is 29.0 Å². The van der Waals surface area contributed by atoms with Gasteiger partial charge in [0.2, 0.25) is 5.91 Å². The average Bonchev–Trinajstić information content (AvgIpc) is 2.75. The molecule has 4 heterocycles. The molecule has 3 aliphatic rings. The summed E-state index contributed by atoms with van der Waals surface area (Å²) in [5, 5.41) is 3.19. The summed E-state index contributed by atoms with van der Waals surface area (Å²) in [4.78, 5) is 35.5. The van der Waals surface area contributed by atoms with Crippen LogP contribution in [0.5, 0.6) is 5.75 Å². The molecule has 1 atom stereocenters. The third-order valence-electron chi connectivity index (χ3n) is 5.82. The van der Waals surface area contributed by atoms with E-state index in [-0.39, 0.29) is 29.3 Å². The Labute approximate surface area is 183 Å². The highest BCUT2D eigenvalue weighted by molar-refractivity contribution is 5.95. The number of fused-ring (bicyclic) bond motifs is 1. The van der Waals surface area contributed by atoms with Gasteiger partial charge in [-0.2, -0.15) is 0 Å². The zero-order valence-corrected chi connectivity index (χ0v) is 18.9. The monoisotopic (exact) mass is 425 g/mol. The highest BCUT2D eigenvalue weighted by Gasteiger charge is 2.38. The van der Waals surface area contributed by atoms with E-state index in [1.807, 2.05) is 44.1 Å². The van der Waals surface area contributed by atoms with Gasteiger partial charge >= 0.3 is 0 Å². The number of pyridine rings is 1. The third-order valence-corrected chi connectivity index (χ3v) is 5.82. The summed E-state index contributed by atoms with van der Waals surface area (Å²) < 4.78 is 5.85. The highest BCUT2D eigenvalue weighted by atomic mass is 16.5. The van der Waals surface area contributed by atoms with Crippen molar-refractivity contribution >= 4 is 17.6 Å². The molecule has 31 heavy (non-hydrogen) atoms. The van der Waals surface area contributed by atoms with Crippen LogP contribution in [0.1, 0.15) is 38.1 Å². The van der Waals surface area contributed by atoms with Crippen molar-refractivity contribution in [1.29, 1.82) is 0 Å². The Bertz CT molecular complexity index is 945. The number of carbonyl (C=O) groups is 2. The molecule has 1 unspecified atom stereocenters. The number of likely N-dealkylation sites (N-methyl/N-ethyl adjacent to an activating group) is 1. The fourth-order valence-electron chi connectivity index (χ4n) is 4.24. The molecule has 0 radical (unpaired) electrons. The number of anilines is 1. The first-order valence-corrected chi connectivity index (χ1v) is 10.8. The van der Waals surface area contributed by atoms with Gasteiger partial charge in [0.05, 0.1) is 12.1 Å². The Morgan fingerprint density at radius 1 is 1.29 bits per heavy atom. The number of hydrogen-bond donors (Lipinski definition) is 1. The smallest absolute Gasteiger partial charge is 0.255 e. The minimum atomic E-state index is -0.239. The maximum absolute atomic E-state index is 12.8. The van der Waals surface area contributed by atoms with E-state index in [1.54, 1.807) is 17.2 Å². The van der Waals surface area contributed by atoms with Crippen LogP contribution in [-0.4, -0.2) is 66.1 Å². The van der Waals surface area contributed by atoms with Gasteiger partial charge in [0.1, 0.15) is 12.8 Å². The summed E-state index contributed by atoms with van der Waals surface area (Å²) in [5.74, 6) is 1.25. The van der Waals surface area contributed by atoms with Crippen LogP contribution in [0, 0.1) is 11.3 Å². The highest BCUT2D eigenvalue weighted by Crippen LogP contribution is 2.35. The number of likely N-dealkylation sites (tertiary alicyclic amines) is 1. The largest absolute Gasteiger partial charge is 0.488 e. The standard InChI is InChI=1S/C23H31N5O3/c1-15(2)21(29)28-7-6-17(11-19(28)24-5)27-8-9-31-18-10-16(12-25-20(18)27)22(30)26-13-23(3,4)14-26/h6-7,10-12,15,19,24H,8-9,13-14H2,1-5H3. The molecule has 0 saturated carbocycles. The molecule has 8 nitrogen and oxygen atoms in total. The van der Waals surface area contributed by atoms with Crippen molar-refractivity contribution in [2.24, 2.45) is 11.3 Å². The van der Waals surface area contributed by atoms with E-state index in [0.717, 1.165) is 18.8 Å². The lowest BCUT2D eigenvalue weighted by molar-refractivity contribution is -0.133. The van der Waals surface area contributed by atoms with Crippen LogP contribution in [-0.2, 0) is 4.79 Å². The predicted octanol–water partition coefficient (Wildman–Crippen LogP) is 2.20. The zero-order valence-electron chi connectivity index (χ0n) is 18.9. The summed E-state index contributed by atoms with van der Waals surface area (Å²) in [6, 6.07) is 1.79. The SMILES string of the molecule is CNC1C=C(N2CCOc3cc(C(=O)N4CC(C)(C)C4)cnc32)C=CN1C(=O)C(C)C. The maximum Gasteiger partial charge on any atom is 0.255 e. The Morgan fingerprint density at radius 3 is 2.68 bits per heavy atom. The molecule has 0 aromatic carbocycles. The van der Waals surface area contributed by atoms with Gasteiger partial charge < -0.3 is 14.5 Å². The molecule has 1 fully saturated rings. The van der Waals surface area contributed by atoms with Crippen LogP contribution in [0.2, 0.25) is 0 Å². The fourth-order valence-corrected chi connectivity index (χ4v) is 4.24. The molecular weight excluding hydrogens is 394 g/mol. The van der Waals surface area contributed by atoms with Crippen LogP contribution in [0.15, 0.2) is 36.3 Å². The summed E-state index contributed by atoms with van der Waals surface area (Å²) in [6.07, 6.45) is 7.14. The molecule has 1 saturated heterocycles. The molecule has 166 valence electrons. The van der Waals surface area contributed by atoms with Crippen molar-refractivity contribution in [3.8, 4) is 5.75 Å². The van der Waals surface area contributed by atoms with Gasteiger partial charge in [-0.3, -0.25) is 19.8 Å². The van der Waals surface area contributed by atoms with Gasteiger partial charge in [-0.05, 0) is 30.7 Å². The van der Waals surface area contributed by atoms with E-state index in [1.165, 1.54) is 0 Å². The van der Waals surface area contributed by atoms with Gasteiger partial charge in [0.15, 0.2) is 11.6 Å². The number of aromatic nitrogens is 1. The Hall–Kier alpha value is -2.87. The lowest BCUT2D eigenvalue weighted by Gasteiger charge is -2.45. The third kappa shape index (κ3) is 4.04. The lowest BCUT2D eigenvalue weighted by Crippen LogP contribution is -2.55. The normalized spacial score (nSPS) is 21.9. The van der Waals surface area contributed by atoms with Gasteiger partial charge in [-0.25, -0.2) is 4.98 Å². The van der Waals surface area contributed by atoms with E-state index < -0.39 is 0 Å². The molecule has 1 N–H and O–H groups in total. The number of nitrogens with zero attached hydrogens (tertiary/aromatic N) is 4. The molecule has 0 aliphatic carbocycles. The summed E-state index contributed by atoms with van der Waals surface area (Å²) >= 11 is 0. The van der Waals surface area contributed by atoms with Crippen molar-refractivity contribution in [1.82, 2.24) is 20.1 Å². The second-order valence-electron chi connectivity index (χ2n) is 9.41. The van der Waals surface area contributed by atoms with Crippen LogP contribution >= 0.6 is 0 Å². The topological polar surface area (TPSA) is 78.0 Å². The number of hydrogen-bond acceptors (Lipinski definition) is 6. The van der Waals surface area contributed by atoms with Crippen LogP contribution in [0.3, 0.4) is 0 Å². The molecule has 1 aromatic rings. The molecule has 0 bridgehead atoms. The second-order valence-corrected chi connectivity index (χ2v) is 9.41. The van der Waals surface area contributed by atoms with E-state index in [0.29, 0.717) is 30.3 Å². The molecule has 8 heteroatoms. The molecular formula is C23H31N5O3. The molecule has 2 amide bonds. The number of nitrogens with one attached hydrogen (secondary N) is 1. The molecule has 0 spiro atoms. The van der Waals surface area contributed by atoms with Crippen molar-refractivity contribution in [3.05, 3.63) is 41.9 Å². The van der Waals surface area contributed by atoms with Crippen LogP contribution < -0.4 is 15.0 Å². The molecule has 3 aliphatic heterocycles. The zero-order chi connectivity index (χ0) is 22.3. The quantitative estimate of drug-likeness (QED) is 0.797. The fraction of sp³-hybridized carbons (Fsp3) is 0.522. The Balaban J connectivity index is 1.56. The molecule has 4 rings (SSSR count). The van der Waals surface area contributed by atoms with Crippen molar-refractivity contribution in [2.45, 2.75) is 33.9 Å². The average molecular weight is 426 g/mol. The Morgan fingerprint density at radius 2 is 2.03 bits per heavy atom. The lowest BCUT2D eigenvalue weighted by atomic mass is 9.84. The minimum absolute atomic E-state index is 0.00906.